The number of ketones is 1. The molecule has 0 fully saturated rings. The second kappa shape index (κ2) is 7.35. The maximum absolute atomic E-state index is 11.2. The molecule has 8 heteroatoms. The van der Waals surface area contributed by atoms with Crippen molar-refractivity contribution in [1.82, 2.24) is 0 Å². The van der Waals surface area contributed by atoms with Gasteiger partial charge in [0.05, 0.1) is 10.0 Å². The summed E-state index contributed by atoms with van der Waals surface area (Å²) in [5.41, 5.74) is 0.618. The average molecular weight is 317 g/mol. The van der Waals surface area contributed by atoms with Crippen molar-refractivity contribution in [2.45, 2.75) is 19.5 Å². The van der Waals surface area contributed by atoms with Gasteiger partial charge in [-0.05, 0) is 18.2 Å². The van der Waals surface area contributed by atoms with E-state index in [0.29, 0.717) is 22.0 Å². The van der Waals surface area contributed by atoms with Gasteiger partial charge in [0, 0.05) is 12.0 Å². The molecule has 19 heavy (non-hydrogen) atoms. The van der Waals surface area contributed by atoms with Gasteiger partial charge in [0.2, 0.25) is 0 Å². The lowest BCUT2D eigenvalue weighted by molar-refractivity contribution is -0.192. The molecule has 0 aliphatic rings. The van der Waals surface area contributed by atoms with Crippen LogP contribution in [0.15, 0.2) is 18.2 Å². The van der Waals surface area contributed by atoms with E-state index in [-0.39, 0.29) is 5.78 Å². The highest BCUT2D eigenvalue weighted by atomic mass is 35.5. The fraction of sp³-hybridized carbons (Fsp3) is 0.273. The Balaban J connectivity index is 0.000000399. The number of carbonyl (C=O) groups excluding carboxylic acids is 1. The summed E-state index contributed by atoms with van der Waals surface area (Å²) in [4.78, 5) is 20.1. The van der Waals surface area contributed by atoms with Crippen molar-refractivity contribution >= 4 is 35.0 Å². The summed E-state index contributed by atoms with van der Waals surface area (Å²) in [5, 5.41) is 8.03. The van der Waals surface area contributed by atoms with E-state index in [2.05, 4.69) is 0 Å². The number of hydrogen-bond donors (Lipinski definition) is 1. The predicted molar refractivity (Wildman–Crippen MR) is 64.8 cm³/mol. The minimum absolute atomic E-state index is 0.0774. The predicted octanol–water partition coefficient (Wildman–Crippen LogP) is 4.22. The van der Waals surface area contributed by atoms with Gasteiger partial charge in [-0.1, -0.05) is 30.1 Å². The Morgan fingerprint density at radius 3 is 2.00 bits per heavy atom. The Kier molecular flexibility index (Phi) is 6.86. The lowest BCUT2D eigenvalue weighted by Crippen LogP contribution is -2.21. The third kappa shape index (κ3) is 6.45. The number of benzene rings is 1. The molecule has 0 saturated heterocycles. The average Bonchev–Trinajstić information content (AvgIpc) is 2.31. The van der Waals surface area contributed by atoms with E-state index in [9.17, 15) is 18.0 Å². The number of carboxylic acid groups (broad SMARTS) is 1. The number of rotatable bonds is 2. The fourth-order valence-corrected chi connectivity index (χ4v) is 1.17. The van der Waals surface area contributed by atoms with Gasteiger partial charge in [0.25, 0.3) is 0 Å². The topological polar surface area (TPSA) is 54.4 Å². The zero-order chi connectivity index (χ0) is 15.2. The quantitative estimate of drug-likeness (QED) is 0.831. The second-order valence-electron chi connectivity index (χ2n) is 3.21. The Bertz CT molecular complexity index is 473. The first-order valence-electron chi connectivity index (χ1n) is 4.88. The maximum Gasteiger partial charge on any atom is 0.490 e. The molecule has 0 unspecified atom stereocenters. The zero-order valence-corrected chi connectivity index (χ0v) is 11.1. The Labute approximate surface area is 116 Å². The maximum atomic E-state index is 11.2. The second-order valence-corrected chi connectivity index (χ2v) is 4.02. The number of hydrogen-bond acceptors (Lipinski definition) is 2. The van der Waals surface area contributed by atoms with Crippen LogP contribution in [0.1, 0.15) is 23.7 Å². The molecule has 0 aliphatic carbocycles. The van der Waals surface area contributed by atoms with E-state index in [0.717, 1.165) is 0 Å². The molecule has 106 valence electrons. The third-order valence-electron chi connectivity index (χ3n) is 1.81. The van der Waals surface area contributed by atoms with Gasteiger partial charge in [0.15, 0.2) is 5.78 Å². The molecule has 1 aromatic carbocycles. The molecular formula is C11H9Cl2F3O3. The van der Waals surface area contributed by atoms with Crippen LogP contribution in [0.3, 0.4) is 0 Å². The summed E-state index contributed by atoms with van der Waals surface area (Å²) in [6.45, 7) is 1.81. The van der Waals surface area contributed by atoms with Crippen LogP contribution in [-0.2, 0) is 4.79 Å². The molecular weight excluding hydrogens is 308 g/mol. The standard InChI is InChI=1S/C9H8Cl2O.C2HF3O2/c1-2-9(12)6-3-4-7(10)8(11)5-6;3-2(4,5)1(6)7/h3-5H,2H2,1H3;(H,6,7). The van der Waals surface area contributed by atoms with E-state index in [1.54, 1.807) is 18.2 Å². The molecule has 0 aromatic heterocycles. The number of alkyl halides is 3. The van der Waals surface area contributed by atoms with Gasteiger partial charge in [-0.3, -0.25) is 4.79 Å². The smallest absolute Gasteiger partial charge is 0.475 e. The lowest BCUT2D eigenvalue weighted by Gasteiger charge is -1.99. The molecule has 1 aromatic rings. The molecule has 0 amide bonds. The van der Waals surface area contributed by atoms with Crippen LogP contribution in [0.5, 0.6) is 0 Å². The first-order chi connectivity index (χ1) is 8.59. The summed E-state index contributed by atoms with van der Waals surface area (Å²) in [6.07, 6.45) is -4.60. The van der Waals surface area contributed by atoms with Crippen molar-refractivity contribution in [3.63, 3.8) is 0 Å². The molecule has 0 radical (unpaired) electrons. The minimum Gasteiger partial charge on any atom is -0.475 e. The number of carboxylic acids is 1. The van der Waals surface area contributed by atoms with Crippen molar-refractivity contribution < 1.29 is 27.9 Å². The van der Waals surface area contributed by atoms with Crippen molar-refractivity contribution in [3.8, 4) is 0 Å². The Morgan fingerprint density at radius 2 is 1.68 bits per heavy atom. The van der Waals surface area contributed by atoms with Crippen molar-refractivity contribution in [1.29, 1.82) is 0 Å². The van der Waals surface area contributed by atoms with E-state index >= 15 is 0 Å². The summed E-state index contributed by atoms with van der Waals surface area (Å²) in [5.74, 6) is -2.68. The van der Waals surface area contributed by atoms with E-state index in [4.69, 9.17) is 33.1 Å². The molecule has 0 heterocycles. The third-order valence-corrected chi connectivity index (χ3v) is 2.54. The van der Waals surface area contributed by atoms with E-state index in [1.807, 2.05) is 6.92 Å². The van der Waals surface area contributed by atoms with Gasteiger partial charge in [0.1, 0.15) is 0 Å². The monoisotopic (exact) mass is 316 g/mol. The molecule has 3 nitrogen and oxygen atoms in total. The summed E-state index contributed by atoms with van der Waals surface area (Å²) in [7, 11) is 0. The van der Waals surface area contributed by atoms with Crippen LogP contribution in [-0.4, -0.2) is 23.0 Å². The Morgan fingerprint density at radius 1 is 1.21 bits per heavy atom. The summed E-state index contributed by atoms with van der Waals surface area (Å²) in [6, 6.07) is 4.91. The largest absolute Gasteiger partial charge is 0.490 e. The van der Waals surface area contributed by atoms with E-state index < -0.39 is 12.1 Å². The summed E-state index contributed by atoms with van der Waals surface area (Å²) < 4.78 is 31.7. The van der Waals surface area contributed by atoms with Gasteiger partial charge in [-0.25, -0.2) is 4.79 Å². The first kappa shape index (κ1) is 17.7. The molecule has 0 saturated carbocycles. The fourth-order valence-electron chi connectivity index (χ4n) is 0.874. The van der Waals surface area contributed by atoms with Crippen LogP contribution in [0.4, 0.5) is 13.2 Å². The molecule has 1 rings (SSSR count). The number of aliphatic carboxylic acids is 1. The molecule has 0 bridgehead atoms. The van der Waals surface area contributed by atoms with Gasteiger partial charge < -0.3 is 5.11 Å². The zero-order valence-electron chi connectivity index (χ0n) is 9.59. The highest BCUT2D eigenvalue weighted by Gasteiger charge is 2.38. The number of halogens is 5. The van der Waals surface area contributed by atoms with Crippen molar-refractivity contribution in [2.24, 2.45) is 0 Å². The van der Waals surface area contributed by atoms with Crippen LogP contribution < -0.4 is 0 Å². The molecule has 1 N–H and O–H groups in total. The first-order valence-corrected chi connectivity index (χ1v) is 5.63. The summed E-state index contributed by atoms with van der Waals surface area (Å²) >= 11 is 11.4. The van der Waals surface area contributed by atoms with Crippen LogP contribution in [0, 0.1) is 0 Å². The van der Waals surface area contributed by atoms with Crippen molar-refractivity contribution in [3.05, 3.63) is 33.8 Å². The van der Waals surface area contributed by atoms with Crippen molar-refractivity contribution in [2.75, 3.05) is 0 Å². The normalized spacial score (nSPS) is 10.4. The molecule has 0 aliphatic heterocycles. The van der Waals surface area contributed by atoms with Crippen LogP contribution >= 0.6 is 23.2 Å². The van der Waals surface area contributed by atoms with E-state index in [1.165, 1.54) is 0 Å². The number of carbonyl (C=O) groups is 2. The van der Waals surface area contributed by atoms with Gasteiger partial charge in [-0.15, -0.1) is 0 Å². The van der Waals surface area contributed by atoms with Gasteiger partial charge >= 0.3 is 12.1 Å². The van der Waals surface area contributed by atoms with Crippen LogP contribution in [0.2, 0.25) is 10.0 Å². The minimum atomic E-state index is -5.08. The number of Topliss-reactive ketones (excluding diaryl/α,β-unsaturated/α-hetero) is 1. The van der Waals surface area contributed by atoms with Gasteiger partial charge in [-0.2, -0.15) is 13.2 Å². The Hall–Kier alpha value is -1.27. The lowest BCUT2D eigenvalue weighted by atomic mass is 10.1. The molecule has 0 spiro atoms. The highest BCUT2D eigenvalue weighted by Crippen LogP contribution is 2.23. The SMILES string of the molecule is CCC(=O)c1ccc(Cl)c(Cl)c1.O=C(O)C(F)(F)F. The molecule has 0 atom stereocenters. The highest BCUT2D eigenvalue weighted by molar-refractivity contribution is 6.42. The van der Waals surface area contributed by atoms with Crippen LogP contribution in [0.25, 0.3) is 0 Å².